The number of nitrogens with one attached hydrogen (secondary N) is 1. The van der Waals surface area contributed by atoms with E-state index in [1.54, 1.807) is 20.8 Å². The van der Waals surface area contributed by atoms with Gasteiger partial charge in [-0.25, -0.2) is 27.5 Å². The normalized spacial score (nSPS) is 15.9. The van der Waals surface area contributed by atoms with Gasteiger partial charge in [0.05, 0.1) is 29.1 Å². The molecule has 0 amide bonds. The number of pyridine rings is 1. The van der Waals surface area contributed by atoms with E-state index < -0.39 is 41.1 Å². The predicted octanol–water partition coefficient (Wildman–Crippen LogP) is 5.38. The fourth-order valence-corrected chi connectivity index (χ4v) is 4.10. The summed E-state index contributed by atoms with van der Waals surface area (Å²) in [6.07, 6.45) is 2.51. The molecular weight excluding hydrogens is 452 g/mol. The van der Waals surface area contributed by atoms with Crippen molar-refractivity contribution in [2.24, 2.45) is 0 Å². The van der Waals surface area contributed by atoms with Gasteiger partial charge in [-0.2, -0.15) is 0 Å². The summed E-state index contributed by atoms with van der Waals surface area (Å²) in [5, 5.41) is 3.45. The fraction of sp³-hybridized carbons (Fsp3) is 0.458. The maximum Gasteiger partial charge on any atom is 0.295 e. The van der Waals surface area contributed by atoms with E-state index >= 15 is 0 Å². The van der Waals surface area contributed by atoms with Crippen LogP contribution in [0, 0.1) is 12.7 Å². The number of fused-ring (bicyclic) bond motifs is 1. The molecule has 1 fully saturated rings. The summed E-state index contributed by atoms with van der Waals surface area (Å²) in [5.74, 6) is -3.79. The summed E-state index contributed by atoms with van der Waals surface area (Å²) in [7, 11) is 0. The largest absolute Gasteiger partial charge is 0.487 e. The fourth-order valence-electron chi connectivity index (χ4n) is 4.10. The molecule has 182 valence electrons. The molecule has 3 aromatic rings. The quantitative estimate of drug-likeness (QED) is 0.440. The third-order valence-electron chi connectivity index (χ3n) is 6.14. The number of benzene rings is 1. The van der Waals surface area contributed by atoms with E-state index in [1.807, 2.05) is 0 Å². The lowest BCUT2D eigenvalue weighted by Crippen LogP contribution is -2.33. The Balaban J connectivity index is 1.86. The average Bonchev–Trinajstić information content (AvgIpc) is 3.56. The van der Waals surface area contributed by atoms with Crippen molar-refractivity contribution in [2.45, 2.75) is 58.0 Å². The maximum atomic E-state index is 14.9. The van der Waals surface area contributed by atoms with Crippen LogP contribution in [0.2, 0.25) is 0 Å². The van der Waals surface area contributed by atoms with Crippen molar-refractivity contribution in [3.05, 3.63) is 57.5 Å². The second kappa shape index (κ2) is 8.56. The molecule has 1 aromatic carbocycles. The topological polar surface area (TPSA) is 69.0 Å². The Hall–Kier alpha value is -3.17. The standard InChI is InChI=1S/C24H26F4N4O2/c1-5-34-20-19-16(11-32(22(20)33)24(12-25)9-10-24)21(31-14(3)30-19)29-13(2)15-7-6-8-17(18(15)26)23(4,27)28/h6-8,11,13H,5,9-10,12H2,1-4H3,(H,29,30,31). The molecule has 1 aliphatic carbocycles. The first kappa shape index (κ1) is 24.0. The van der Waals surface area contributed by atoms with Gasteiger partial charge in [0.15, 0.2) is 0 Å². The molecule has 6 nitrogen and oxygen atoms in total. The number of aromatic nitrogens is 3. The number of rotatable bonds is 8. The van der Waals surface area contributed by atoms with Gasteiger partial charge in [0, 0.05) is 18.7 Å². The average molecular weight is 478 g/mol. The second-order valence-electron chi connectivity index (χ2n) is 8.77. The van der Waals surface area contributed by atoms with Gasteiger partial charge in [-0.05, 0) is 33.6 Å². The van der Waals surface area contributed by atoms with Gasteiger partial charge in [-0.1, -0.05) is 18.2 Å². The van der Waals surface area contributed by atoms with Crippen LogP contribution in [-0.2, 0) is 11.5 Å². The number of ether oxygens (including phenoxy) is 1. The number of alkyl halides is 3. The highest BCUT2D eigenvalue weighted by Gasteiger charge is 2.46. The number of halogens is 4. The number of aryl methyl sites for hydroxylation is 1. The van der Waals surface area contributed by atoms with Crippen molar-refractivity contribution in [1.29, 1.82) is 0 Å². The number of hydrogen-bond acceptors (Lipinski definition) is 5. The molecule has 1 atom stereocenters. The predicted molar refractivity (Wildman–Crippen MR) is 121 cm³/mol. The van der Waals surface area contributed by atoms with E-state index in [2.05, 4.69) is 15.3 Å². The van der Waals surface area contributed by atoms with Crippen LogP contribution >= 0.6 is 0 Å². The zero-order chi connectivity index (χ0) is 24.8. The number of hydrogen-bond donors (Lipinski definition) is 1. The molecule has 2 aromatic heterocycles. The molecule has 4 rings (SSSR count). The van der Waals surface area contributed by atoms with E-state index in [0.717, 1.165) is 6.07 Å². The lowest BCUT2D eigenvalue weighted by atomic mass is 10.0. The van der Waals surface area contributed by atoms with E-state index in [0.29, 0.717) is 31.0 Å². The van der Waals surface area contributed by atoms with Crippen molar-refractivity contribution < 1.29 is 22.3 Å². The summed E-state index contributed by atoms with van der Waals surface area (Å²) >= 11 is 0. The molecule has 0 aliphatic heterocycles. The number of anilines is 1. The van der Waals surface area contributed by atoms with Crippen LogP contribution in [0.15, 0.2) is 29.2 Å². The molecule has 0 saturated heterocycles. The summed E-state index contributed by atoms with van der Waals surface area (Å²) in [6.45, 7) is 5.09. The van der Waals surface area contributed by atoms with Gasteiger partial charge in [-0.3, -0.25) is 4.79 Å². The van der Waals surface area contributed by atoms with Crippen LogP contribution in [0.4, 0.5) is 23.4 Å². The monoisotopic (exact) mass is 478 g/mol. The first-order valence-electron chi connectivity index (χ1n) is 11.1. The molecule has 0 radical (unpaired) electrons. The highest BCUT2D eigenvalue weighted by atomic mass is 19.3. The molecule has 10 heteroatoms. The Morgan fingerprint density at radius 2 is 2.00 bits per heavy atom. The SMILES string of the molecule is CCOc1c(=O)n(C2(CF)CC2)cc2c(NC(C)c3cccc(C(C)(F)F)c3F)nc(C)nc12. The second-order valence-corrected chi connectivity index (χ2v) is 8.77. The smallest absolute Gasteiger partial charge is 0.295 e. The summed E-state index contributed by atoms with van der Waals surface area (Å²) in [5.41, 5.74) is -1.84. The van der Waals surface area contributed by atoms with E-state index in [1.165, 1.54) is 22.9 Å². The van der Waals surface area contributed by atoms with E-state index in [9.17, 15) is 22.4 Å². The third-order valence-corrected chi connectivity index (χ3v) is 6.14. The third kappa shape index (κ3) is 4.10. The molecule has 2 heterocycles. The summed E-state index contributed by atoms with van der Waals surface area (Å²) in [6, 6.07) is 3.08. The van der Waals surface area contributed by atoms with Gasteiger partial charge in [0.25, 0.3) is 11.5 Å². The Morgan fingerprint density at radius 1 is 1.29 bits per heavy atom. The molecule has 0 bridgehead atoms. The minimum absolute atomic E-state index is 0.0141. The van der Waals surface area contributed by atoms with Crippen LogP contribution in [0.5, 0.6) is 5.75 Å². The lowest BCUT2D eigenvalue weighted by Gasteiger charge is -2.22. The summed E-state index contributed by atoms with van der Waals surface area (Å²) < 4.78 is 63.4. The first-order valence-corrected chi connectivity index (χ1v) is 11.1. The van der Waals surface area contributed by atoms with Crippen molar-refractivity contribution >= 4 is 16.7 Å². The minimum Gasteiger partial charge on any atom is -0.487 e. The number of nitrogens with zero attached hydrogens (tertiary/aromatic N) is 3. The molecule has 0 spiro atoms. The van der Waals surface area contributed by atoms with Crippen LogP contribution in [-0.4, -0.2) is 27.8 Å². The zero-order valence-corrected chi connectivity index (χ0v) is 19.4. The van der Waals surface area contributed by atoms with Crippen LogP contribution < -0.4 is 15.6 Å². The van der Waals surface area contributed by atoms with Crippen LogP contribution in [0.3, 0.4) is 0 Å². The van der Waals surface area contributed by atoms with Gasteiger partial charge < -0.3 is 14.6 Å². The molecule has 1 unspecified atom stereocenters. The zero-order valence-electron chi connectivity index (χ0n) is 19.4. The lowest BCUT2D eigenvalue weighted by molar-refractivity contribution is 0.0136. The summed E-state index contributed by atoms with van der Waals surface area (Å²) in [4.78, 5) is 21.9. The van der Waals surface area contributed by atoms with E-state index in [4.69, 9.17) is 4.74 Å². The van der Waals surface area contributed by atoms with Crippen molar-refractivity contribution in [3.63, 3.8) is 0 Å². The highest BCUT2D eigenvalue weighted by molar-refractivity contribution is 5.92. The van der Waals surface area contributed by atoms with Gasteiger partial charge >= 0.3 is 0 Å². The van der Waals surface area contributed by atoms with Crippen LogP contribution in [0.25, 0.3) is 10.9 Å². The minimum atomic E-state index is -3.34. The molecule has 34 heavy (non-hydrogen) atoms. The first-order chi connectivity index (χ1) is 16.0. The molecule has 1 N–H and O–H groups in total. The van der Waals surface area contributed by atoms with Crippen LogP contribution in [0.1, 0.15) is 56.6 Å². The van der Waals surface area contributed by atoms with Crippen molar-refractivity contribution in [2.75, 3.05) is 18.6 Å². The maximum absolute atomic E-state index is 14.9. The van der Waals surface area contributed by atoms with Gasteiger partial charge in [-0.15, -0.1) is 0 Å². The molecule has 1 aliphatic rings. The Kier molecular flexibility index (Phi) is 6.03. The van der Waals surface area contributed by atoms with E-state index in [-0.39, 0.29) is 29.3 Å². The van der Waals surface area contributed by atoms with Gasteiger partial charge in [0.2, 0.25) is 5.75 Å². The molecular formula is C24H26F4N4O2. The Bertz CT molecular complexity index is 1300. The van der Waals surface area contributed by atoms with Gasteiger partial charge in [0.1, 0.15) is 29.7 Å². The Labute approximate surface area is 194 Å². The highest BCUT2D eigenvalue weighted by Crippen LogP contribution is 2.44. The Morgan fingerprint density at radius 3 is 2.59 bits per heavy atom. The molecule has 1 saturated carbocycles. The van der Waals surface area contributed by atoms with Crippen molar-refractivity contribution in [1.82, 2.24) is 14.5 Å². The van der Waals surface area contributed by atoms with Crippen molar-refractivity contribution in [3.8, 4) is 5.75 Å².